The van der Waals surface area contributed by atoms with Crippen molar-refractivity contribution in [2.24, 2.45) is 0 Å². The van der Waals surface area contributed by atoms with Gasteiger partial charge in [-0.05, 0) is 63.0 Å². The fourth-order valence-electron chi connectivity index (χ4n) is 7.36. The maximum atomic E-state index is 6.72. The molecule has 0 unspecified atom stereocenters. The Morgan fingerprint density at radius 1 is 0.283 bits per heavy atom. The largest absolute Gasteiger partial charge is 0.455 e. The number of rotatable bonds is 6. The minimum Gasteiger partial charge on any atom is -0.455 e. The van der Waals surface area contributed by atoms with Crippen molar-refractivity contribution in [3.63, 3.8) is 0 Å². The first-order valence-electron chi connectivity index (χ1n) is 17.8. The van der Waals surface area contributed by atoms with Crippen LogP contribution in [0.25, 0.3) is 100 Å². The van der Waals surface area contributed by atoms with E-state index in [-0.39, 0.29) is 0 Å². The number of fused-ring (bicyclic) bond motifs is 5. The lowest BCUT2D eigenvalue weighted by Crippen LogP contribution is -2.01. The number of benzene rings is 8. The quantitative estimate of drug-likeness (QED) is 0.176. The molecule has 8 aromatic carbocycles. The lowest BCUT2D eigenvalue weighted by Gasteiger charge is -2.12. The van der Waals surface area contributed by atoms with Crippen molar-refractivity contribution in [3.05, 3.63) is 188 Å². The van der Waals surface area contributed by atoms with Crippen LogP contribution in [0.15, 0.2) is 192 Å². The van der Waals surface area contributed by atoms with Crippen molar-refractivity contribution in [2.45, 2.75) is 0 Å². The molecule has 0 aliphatic heterocycles. The molecular weight excluding hydrogens is 647 g/mol. The molecule has 0 radical (unpaired) electrons. The van der Waals surface area contributed by atoms with E-state index in [2.05, 4.69) is 170 Å². The number of aromatic nitrogens is 3. The van der Waals surface area contributed by atoms with Gasteiger partial charge in [0.25, 0.3) is 0 Å². The molecule has 0 amide bonds. The second kappa shape index (κ2) is 12.9. The van der Waals surface area contributed by atoms with Crippen LogP contribution >= 0.6 is 0 Å². The first kappa shape index (κ1) is 30.6. The van der Waals surface area contributed by atoms with Crippen molar-refractivity contribution in [2.75, 3.05) is 0 Å². The summed E-state index contributed by atoms with van der Waals surface area (Å²) in [5.41, 5.74) is 11.1. The van der Waals surface area contributed by atoms with Crippen LogP contribution in [-0.2, 0) is 0 Å². The van der Waals surface area contributed by atoms with E-state index in [1.54, 1.807) is 0 Å². The molecular formula is C49H31N3O. The molecule has 10 aromatic rings. The lowest BCUT2D eigenvalue weighted by molar-refractivity contribution is 0.673. The van der Waals surface area contributed by atoms with Crippen LogP contribution in [-0.4, -0.2) is 15.0 Å². The molecule has 4 heteroatoms. The second-order valence-corrected chi connectivity index (χ2v) is 13.2. The van der Waals surface area contributed by atoms with Crippen molar-refractivity contribution in [1.29, 1.82) is 0 Å². The molecule has 248 valence electrons. The maximum absolute atomic E-state index is 6.72. The van der Waals surface area contributed by atoms with Crippen LogP contribution in [0.4, 0.5) is 0 Å². The third-order valence-corrected chi connectivity index (χ3v) is 9.94. The van der Waals surface area contributed by atoms with Gasteiger partial charge >= 0.3 is 0 Å². The van der Waals surface area contributed by atoms with E-state index < -0.39 is 0 Å². The van der Waals surface area contributed by atoms with Gasteiger partial charge in [0.05, 0.1) is 0 Å². The van der Waals surface area contributed by atoms with Crippen LogP contribution in [0.5, 0.6) is 0 Å². The maximum Gasteiger partial charge on any atom is 0.164 e. The zero-order valence-corrected chi connectivity index (χ0v) is 28.6. The van der Waals surface area contributed by atoms with E-state index >= 15 is 0 Å². The van der Waals surface area contributed by atoms with Gasteiger partial charge in [0.1, 0.15) is 11.2 Å². The van der Waals surface area contributed by atoms with Crippen LogP contribution in [0, 0.1) is 0 Å². The lowest BCUT2D eigenvalue weighted by atomic mass is 9.95. The SMILES string of the molecule is c1ccc(-c2cccc(-c3nc(-c4ccc5c(c4)oc4c6ccccc6c(-c6ccccc6)cc54)nc(-c4ccccc4-c4ccccc4)n3)c2)cc1. The Hall–Kier alpha value is -7.17. The molecule has 0 saturated carbocycles. The average molecular weight is 678 g/mol. The van der Waals surface area contributed by atoms with Gasteiger partial charge in [0.2, 0.25) is 0 Å². The topological polar surface area (TPSA) is 51.8 Å². The molecule has 0 saturated heterocycles. The molecule has 2 aromatic heterocycles. The smallest absolute Gasteiger partial charge is 0.164 e. The molecule has 0 fully saturated rings. The van der Waals surface area contributed by atoms with Gasteiger partial charge < -0.3 is 4.42 Å². The summed E-state index contributed by atoms with van der Waals surface area (Å²) >= 11 is 0. The summed E-state index contributed by atoms with van der Waals surface area (Å²) in [6.45, 7) is 0. The minimum absolute atomic E-state index is 0.579. The van der Waals surface area contributed by atoms with Crippen molar-refractivity contribution in [1.82, 2.24) is 15.0 Å². The number of nitrogens with zero attached hydrogens (tertiary/aromatic N) is 3. The third kappa shape index (κ3) is 5.54. The predicted octanol–water partition coefficient (Wildman–Crippen LogP) is 12.9. The molecule has 4 nitrogen and oxygen atoms in total. The van der Waals surface area contributed by atoms with Crippen molar-refractivity contribution in [3.8, 4) is 67.5 Å². The Labute approximate surface area is 306 Å². The normalized spacial score (nSPS) is 11.4. The standard InChI is InChI=1S/C49H31N3O/c1-4-15-32(16-5-1)35-21-14-22-36(29-35)47-50-48(52-49(51-47)42-26-13-10-23-38(42)33-17-6-2-7-18-33)37-27-28-40-44-31-43(34-19-8-3-9-20-34)39-24-11-12-25-41(39)46(44)53-45(40)30-37/h1-31H. The number of hydrogen-bond donors (Lipinski definition) is 0. The Kier molecular flexibility index (Phi) is 7.43. The van der Waals surface area contributed by atoms with E-state index in [1.165, 1.54) is 11.1 Å². The zero-order chi connectivity index (χ0) is 35.1. The molecule has 53 heavy (non-hydrogen) atoms. The predicted molar refractivity (Wildman–Crippen MR) is 217 cm³/mol. The van der Waals surface area contributed by atoms with E-state index in [1.807, 2.05) is 18.2 Å². The molecule has 0 bridgehead atoms. The minimum atomic E-state index is 0.579. The van der Waals surface area contributed by atoms with Gasteiger partial charge in [-0.3, -0.25) is 0 Å². The average Bonchev–Trinajstić information content (AvgIpc) is 3.62. The van der Waals surface area contributed by atoms with Gasteiger partial charge in [-0.2, -0.15) is 0 Å². The number of hydrogen-bond acceptors (Lipinski definition) is 4. The highest BCUT2D eigenvalue weighted by Crippen LogP contribution is 2.41. The highest BCUT2D eigenvalue weighted by Gasteiger charge is 2.19. The van der Waals surface area contributed by atoms with Crippen LogP contribution < -0.4 is 0 Å². The van der Waals surface area contributed by atoms with Gasteiger partial charge in [0.15, 0.2) is 17.5 Å². The number of furan rings is 1. The molecule has 0 aliphatic rings. The van der Waals surface area contributed by atoms with Gasteiger partial charge in [-0.15, -0.1) is 0 Å². The third-order valence-electron chi connectivity index (χ3n) is 9.94. The van der Waals surface area contributed by atoms with Gasteiger partial charge in [-0.1, -0.05) is 164 Å². The van der Waals surface area contributed by atoms with Gasteiger partial charge in [0, 0.05) is 32.8 Å². The summed E-state index contributed by atoms with van der Waals surface area (Å²) < 4.78 is 6.72. The van der Waals surface area contributed by atoms with Crippen LogP contribution in [0.1, 0.15) is 0 Å². The van der Waals surface area contributed by atoms with Gasteiger partial charge in [-0.25, -0.2) is 15.0 Å². The molecule has 0 atom stereocenters. The summed E-state index contributed by atoms with van der Waals surface area (Å²) in [5, 5.41) is 4.37. The first-order valence-corrected chi connectivity index (χ1v) is 17.8. The highest BCUT2D eigenvalue weighted by atomic mass is 16.3. The van der Waals surface area contributed by atoms with E-state index in [0.29, 0.717) is 17.5 Å². The molecule has 0 aliphatic carbocycles. The molecule has 2 heterocycles. The van der Waals surface area contributed by atoms with Crippen molar-refractivity contribution < 1.29 is 4.42 Å². The Bertz CT molecular complexity index is 2940. The van der Waals surface area contributed by atoms with E-state index in [9.17, 15) is 0 Å². The first-order chi connectivity index (χ1) is 26.3. The summed E-state index contributed by atoms with van der Waals surface area (Å²) in [4.78, 5) is 15.4. The van der Waals surface area contributed by atoms with Crippen LogP contribution in [0.2, 0.25) is 0 Å². The van der Waals surface area contributed by atoms with E-state index in [4.69, 9.17) is 19.4 Å². The molecule has 0 spiro atoms. The zero-order valence-electron chi connectivity index (χ0n) is 28.6. The molecule has 10 rings (SSSR count). The highest BCUT2D eigenvalue weighted by molar-refractivity contribution is 6.19. The Balaban J connectivity index is 1.17. The van der Waals surface area contributed by atoms with Crippen LogP contribution in [0.3, 0.4) is 0 Å². The Morgan fingerprint density at radius 2 is 0.811 bits per heavy atom. The summed E-state index contributed by atoms with van der Waals surface area (Å²) in [7, 11) is 0. The monoisotopic (exact) mass is 677 g/mol. The fraction of sp³-hybridized carbons (Fsp3) is 0. The Morgan fingerprint density at radius 3 is 1.53 bits per heavy atom. The second-order valence-electron chi connectivity index (χ2n) is 13.2. The summed E-state index contributed by atoms with van der Waals surface area (Å²) in [6, 6.07) is 65.1. The fourth-order valence-corrected chi connectivity index (χ4v) is 7.36. The summed E-state index contributed by atoms with van der Waals surface area (Å²) in [6.07, 6.45) is 0. The van der Waals surface area contributed by atoms with Crippen molar-refractivity contribution >= 4 is 32.7 Å². The molecule has 0 N–H and O–H groups in total. The van der Waals surface area contributed by atoms with E-state index in [0.717, 1.165) is 71.7 Å². The summed E-state index contributed by atoms with van der Waals surface area (Å²) in [5.74, 6) is 1.79.